The minimum Gasteiger partial charge on any atom is -0.352 e. The van der Waals surface area contributed by atoms with E-state index in [-0.39, 0.29) is 19.0 Å². The maximum Gasteiger partial charge on any atom is 0.312 e. The number of aromatic nitrogens is 2. The molecule has 0 bridgehead atoms. The number of nitrogens with two attached hydrogens (primary N) is 1. The van der Waals surface area contributed by atoms with E-state index in [0.717, 1.165) is 0 Å². The number of benzene rings is 1. The summed E-state index contributed by atoms with van der Waals surface area (Å²) in [6.07, 6.45) is 1.43. The molecule has 7 nitrogen and oxygen atoms in total. The van der Waals surface area contributed by atoms with E-state index in [2.05, 4.69) is 20.8 Å². The van der Waals surface area contributed by atoms with Gasteiger partial charge < -0.3 is 16.4 Å². The Morgan fingerprint density at radius 2 is 1.95 bits per heavy atom. The van der Waals surface area contributed by atoms with Crippen molar-refractivity contribution in [2.75, 3.05) is 13.1 Å². The van der Waals surface area contributed by atoms with Gasteiger partial charge >= 0.3 is 6.03 Å². The molecule has 5 N–H and O–H groups in total. The number of urea groups is 1. The lowest BCUT2D eigenvalue weighted by molar-refractivity contribution is 0.0954. The molecule has 2 aromatic rings. The Bertz CT molecular complexity index is 656. The van der Waals surface area contributed by atoms with Gasteiger partial charge in [0.05, 0.1) is 17.5 Å². The van der Waals surface area contributed by atoms with Gasteiger partial charge in [-0.1, -0.05) is 29.8 Å². The molecule has 0 saturated carbocycles. The van der Waals surface area contributed by atoms with Crippen LogP contribution in [0.25, 0.3) is 11.3 Å². The molecule has 110 valence electrons. The molecule has 0 saturated heterocycles. The first-order valence-electron chi connectivity index (χ1n) is 6.19. The van der Waals surface area contributed by atoms with Crippen LogP contribution in [0.4, 0.5) is 4.79 Å². The Hall–Kier alpha value is -2.54. The maximum absolute atomic E-state index is 12.1. The van der Waals surface area contributed by atoms with E-state index in [1.165, 1.54) is 6.20 Å². The second-order valence-electron chi connectivity index (χ2n) is 4.19. The highest BCUT2D eigenvalue weighted by Gasteiger charge is 2.16. The van der Waals surface area contributed by atoms with Crippen molar-refractivity contribution in [2.45, 2.75) is 0 Å². The first kappa shape index (κ1) is 14.9. The quantitative estimate of drug-likeness (QED) is 0.621. The Labute approximate surface area is 125 Å². The topological polar surface area (TPSA) is 113 Å². The van der Waals surface area contributed by atoms with E-state index in [0.29, 0.717) is 21.8 Å². The summed E-state index contributed by atoms with van der Waals surface area (Å²) in [6.45, 7) is 0.509. The van der Waals surface area contributed by atoms with Gasteiger partial charge in [-0.3, -0.25) is 9.89 Å². The summed E-state index contributed by atoms with van der Waals surface area (Å²) in [7, 11) is 0. The second kappa shape index (κ2) is 6.76. The predicted octanol–water partition coefficient (Wildman–Crippen LogP) is 1.13. The summed E-state index contributed by atoms with van der Waals surface area (Å²) in [6, 6.07) is 6.51. The first-order valence-corrected chi connectivity index (χ1v) is 6.57. The number of amides is 3. The van der Waals surface area contributed by atoms with Gasteiger partial charge in [-0.05, 0) is 6.07 Å². The van der Waals surface area contributed by atoms with Crippen molar-refractivity contribution in [3.05, 3.63) is 41.0 Å². The highest BCUT2D eigenvalue weighted by molar-refractivity contribution is 6.33. The zero-order valence-corrected chi connectivity index (χ0v) is 11.8. The van der Waals surface area contributed by atoms with Crippen LogP contribution in [0.5, 0.6) is 0 Å². The van der Waals surface area contributed by atoms with E-state index in [4.69, 9.17) is 17.3 Å². The van der Waals surface area contributed by atoms with E-state index in [1.807, 2.05) is 6.07 Å². The molecule has 8 heteroatoms. The van der Waals surface area contributed by atoms with Gasteiger partial charge in [0.25, 0.3) is 5.91 Å². The molecule has 21 heavy (non-hydrogen) atoms. The summed E-state index contributed by atoms with van der Waals surface area (Å²) in [5.41, 5.74) is 6.54. The number of hydrogen-bond donors (Lipinski definition) is 4. The molecule has 0 aliphatic heterocycles. The summed E-state index contributed by atoms with van der Waals surface area (Å²) in [4.78, 5) is 22.6. The van der Waals surface area contributed by atoms with Crippen molar-refractivity contribution < 1.29 is 9.59 Å². The largest absolute Gasteiger partial charge is 0.352 e. The minimum absolute atomic E-state index is 0.250. The maximum atomic E-state index is 12.1. The number of aromatic amines is 1. The normalized spacial score (nSPS) is 10.1. The molecule has 3 amide bonds. The first-order chi connectivity index (χ1) is 10.1. The number of carbonyl (C=O) groups excluding carboxylic acids is 2. The van der Waals surface area contributed by atoms with Crippen molar-refractivity contribution >= 4 is 23.5 Å². The van der Waals surface area contributed by atoms with Crippen molar-refractivity contribution in [3.63, 3.8) is 0 Å². The molecule has 0 aliphatic rings. The number of carbonyl (C=O) groups is 2. The molecule has 0 unspecified atom stereocenters. The zero-order valence-electron chi connectivity index (χ0n) is 11.0. The second-order valence-corrected chi connectivity index (χ2v) is 4.59. The SMILES string of the molecule is NC(=O)NCCNC(=O)c1cn[nH]c1-c1ccccc1Cl. The minimum atomic E-state index is -0.635. The van der Waals surface area contributed by atoms with Crippen molar-refractivity contribution in [2.24, 2.45) is 5.73 Å². The molecule has 1 heterocycles. The van der Waals surface area contributed by atoms with Crippen LogP contribution in [-0.2, 0) is 0 Å². The summed E-state index contributed by atoms with van der Waals surface area (Å²) in [5, 5.41) is 12.2. The molecule has 0 spiro atoms. The van der Waals surface area contributed by atoms with Gasteiger partial charge in [0.15, 0.2) is 0 Å². The van der Waals surface area contributed by atoms with Crippen LogP contribution in [0.1, 0.15) is 10.4 Å². The molecule has 1 aromatic carbocycles. The van der Waals surface area contributed by atoms with Gasteiger partial charge in [0.1, 0.15) is 0 Å². The fourth-order valence-electron chi connectivity index (χ4n) is 1.78. The van der Waals surface area contributed by atoms with Crippen molar-refractivity contribution in [1.82, 2.24) is 20.8 Å². The van der Waals surface area contributed by atoms with Crippen LogP contribution in [0.3, 0.4) is 0 Å². The molecule has 0 atom stereocenters. The number of nitrogens with zero attached hydrogens (tertiary/aromatic N) is 1. The van der Waals surface area contributed by atoms with E-state index in [9.17, 15) is 9.59 Å². The lowest BCUT2D eigenvalue weighted by Gasteiger charge is -2.07. The Kier molecular flexibility index (Phi) is 4.78. The van der Waals surface area contributed by atoms with E-state index < -0.39 is 6.03 Å². The van der Waals surface area contributed by atoms with Gasteiger partial charge in [0.2, 0.25) is 0 Å². The highest BCUT2D eigenvalue weighted by Crippen LogP contribution is 2.28. The predicted molar refractivity (Wildman–Crippen MR) is 79.0 cm³/mol. The monoisotopic (exact) mass is 307 g/mol. The molecule has 0 radical (unpaired) electrons. The number of nitrogens with one attached hydrogen (secondary N) is 3. The molecular weight excluding hydrogens is 294 g/mol. The number of hydrogen-bond acceptors (Lipinski definition) is 3. The number of halogens is 1. The molecule has 2 rings (SSSR count). The van der Waals surface area contributed by atoms with Gasteiger partial charge in [0, 0.05) is 23.7 Å². The van der Waals surface area contributed by atoms with Gasteiger partial charge in [-0.2, -0.15) is 5.10 Å². The smallest absolute Gasteiger partial charge is 0.312 e. The number of primary amides is 1. The van der Waals surface area contributed by atoms with Gasteiger partial charge in [-0.15, -0.1) is 0 Å². The zero-order chi connectivity index (χ0) is 15.2. The average Bonchev–Trinajstić information content (AvgIpc) is 2.93. The molecular formula is C13H14ClN5O2. The van der Waals surface area contributed by atoms with Crippen LogP contribution in [0, 0.1) is 0 Å². The fourth-order valence-corrected chi connectivity index (χ4v) is 2.01. The number of H-pyrrole nitrogens is 1. The van der Waals surface area contributed by atoms with E-state index in [1.54, 1.807) is 18.2 Å². The molecule has 1 aromatic heterocycles. The summed E-state index contributed by atoms with van der Waals surface area (Å²) < 4.78 is 0. The summed E-state index contributed by atoms with van der Waals surface area (Å²) >= 11 is 6.11. The Morgan fingerprint density at radius 3 is 2.67 bits per heavy atom. The van der Waals surface area contributed by atoms with Gasteiger partial charge in [-0.25, -0.2) is 4.79 Å². The van der Waals surface area contributed by atoms with Crippen LogP contribution < -0.4 is 16.4 Å². The Morgan fingerprint density at radius 1 is 1.24 bits per heavy atom. The average molecular weight is 308 g/mol. The summed E-state index contributed by atoms with van der Waals surface area (Å²) in [5.74, 6) is -0.315. The third kappa shape index (κ3) is 3.73. The van der Waals surface area contributed by atoms with Crippen LogP contribution in [0.2, 0.25) is 5.02 Å². The van der Waals surface area contributed by atoms with Crippen LogP contribution in [0.15, 0.2) is 30.5 Å². The lowest BCUT2D eigenvalue weighted by atomic mass is 10.1. The van der Waals surface area contributed by atoms with Crippen LogP contribution in [-0.4, -0.2) is 35.2 Å². The fraction of sp³-hybridized carbons (Fsp3) is 0.154. The van der Waals surface area contributed by atoms with Crippen LogP contribution >= 0.6 is 11.6 Å². The lowest BCUT2D eigenvalue weighted by Crippen LogP contribution is -2.37. The molecule has 0 aliphatic carbocycles. The third-order valence-corrected chi connectivity index (χ3v) is 3.07. The number of rotatable bonds is 5. The standard InChI is InChI=1S/C13H14ClN5O2/c14-10-4-2-1-3-8(10)11-9(7-18-19-11)12(20)16-5-6-17-13(15)21/h1-4,7H,5-6H2,(H,16,20)(H,18,19)(H3,15,17,21). The van der Waals surface area contributed by atoms with Crippen molar-refractivity contribution in [3.8, 4) is 11.3 Å². The Balaban J connectivity index is 2.08. The third-order valence-electron chi connectivity index (χ3n) is 2.74. The molecule has 0 fully saturated rings. The van der Waals surface area contributed by atoms with Crippen molar-refractivity contribution in [1.29, 1.82) is 0 Å². The highest BCUT2D eigenvalue weighted by atomic mass is 35.5. The van der Waals surface area contributed by atoms with E-state index >= 15 is 0 Å².